The van der Waals surface area contributed by atoms with E-state index in [0.29, 0.717) is 18.9 Å². The monoisotopic (exact) mass is 345 g/mol. The predicted octanol–water partition coefficient (Wildman–Crippen LogP) is 2.25. The molecule has 1 rings (SSSR count). The van der Waals surface area contributed by atoms with Crippen LogP contribution in [0.4, 0.5) is 0 Å². The lowest BCUT2D eigenvalue weighted by molar-refractivity contribution is 0.179. The van der Waals surface area contributed by atoms with Gasteiger partial charge in [0.2, 0.25) is 0 Å². The number of alkyl halides is 1. The molecule has 0 fully saturated rings. The van der Waals surface area contributed by atoms with Crippen LogP contribution in [0.3, 0.4) is 0 Å². The Bertz CT molecular complexity index is 248. The Balaban J connectivity index is 0.00000196. The van der Waals surface area contributed by atoms with E-state index in [1.54, 1.807) is 0 Å². The number of halogens is 2. The maximum Gasteiger partial charge on any atom is 0.185 e. The van der Waals surface area contributed by atoms with Gasteiger partial charge in [0.1, 0.15) is 0 Å². The molecule has 15 heavy (non-hydrogen) atoms. The average Bonchev–Trinajstić information content (AvgIpc) is 2.34. The Morgan fingerprint density at radius 2 is 1.87 bits per heavy atom. The van der Waals surface area contributed by atoms with Crippen LogP contribution in [0.1, 0.15) is 13.3 Å². The summed E-state index contributed by atoms with van der Waals surface area (Å²) in [5, 5.41) is 7.65. The van der Waals surface area contributed by atoms with E-state index in [0.717, 1.165) is 0 Å². The first-order valence-corrected chi connectivity index (χ1v) is 5.62. The molecule has 0 spiro atoms. The van der Waals surface area contributed by atoms with Gasteiger partial charge in [0.05, 0.1) is 13.0 Å². The molecule has 0 aromatic carbocycles. The maximum absolute atomic E-state index is 7.65. The Hall–Kier alpha value is -0.170. The Labute approximate surface area is 111 Å². The topological polar surface area (TPSA) is 39.6 Å². The van der Waals surface area contributed by atoms with Crippen molar-refractivity contribution in [2.45, 2.75) is 17.0 Å². The second-order valence-corrected chi connectivity index (χ2v) is 5.00. The molecule has 1 aliphatic rings. The van der Waals surface area contributed by atoms with Gasteiger partial charge in [0, 0.05) is 26.5 Å². The molecule has 6 heteroatoms. The lowest BCUT2D eigenvalue weighted by Gasteiger charge is -2.37. The summed E-state index contributed by atoms with van der Waals surface area (Å²) in [7, 11) is 4.01. The van der Waals surface area contributed by atoms with Gasteiger partial charge in [-0.3, -0.25) is 5.41 Å². The fraction of sp³-hybridized carbons (Fsp3) is 0.667. The van der Waals surface area contributed by atoms with Crippen molar-refractivity contribution in [1.82, 2.24) is 9.80 Å². The average molecular weight is 346 g/mol. The van der Waals surface area contributed by atoms with Crippen LogP contribution < -0.4 is 0 Å². The van der Waals surface area contributed by atoms with Crippen LogP contribution in [-0.4, -0.2) is 40.1 Å². The molecule has 0 unspecified atom stereocenters. The highest BCUT2D eigenvalue weighted by Gasteiger charge is 2.38. The van der Waals surface area contributed by atoms with E-state index >= 15 is 0 Å². The van der Waals surface area contributed by atoms with Gasteiger partial charge in [-0.05, 0) is 29.5 Å². The molecule has 0 bridgehead atoms. The van der Waals surface area contributed by atoms with Gasteiger partial charge in [-0.15, -0.1) is 12.4 Å². The molecule has 0 radical (unpaired) electrons. The van der Waals surface area contributed by atoms with Crippen LogP contribution in [-0.2, 0) is 4.74 Å². The van der Waals surface area contributed by atoms with Crippen molar-refractivity contribution in [3.05, 3.63) is 12.4 Å². The molecule has 1 N–H and O–H groups in total. The van der Waals surface area contributed by atoms with Gasteiger partial charge in [-0.2, -0.15) is 0 Å². The number of rotatable bonds is 3. The van der Waals surface area contributed by atoms with Crippen LogP contribution >= 0.6 is 35.0 Å². The fourth-order valence-corrected chi connectivity index (χ4v) is 2.02. The van der Waals surface area contributed by atoms with Crippen molar-refractivity contribution < 1.29 is 4.74 Å². The van der Waals surface area contributed by atoms with E-state index in [9.17, 15) is 0 Å². The first kappa shape index (κ1) is 14.8. The largest absolute Gasteiger partial charge is 0.481 e. The van der Waals surface area contributed by atoms with Gasteiger partial charge < -0.3 is 14.5 Å². The predicted molar refractivity (Wildman–Crippen MR) is 72.6 cm³/mol. The van der Waals surface area contributed by atoms with Crippen molar-refractivity contribution in [2.24, 2.45) is 0 Å². The van der Waals surface area contributed by atoms with E-state index < -0.39 is 0 Å². The Morgan fingerprint density at radius 1 is 1.40 bits per heavy atom. The van der Waals surface area contributed by atoms with Gasteiger partial charge in [0.25, 0.3) is 0 Å². The molecule has 88 valence electrons. The lowest BCUT2D eigenvalue weighted by Crippen LogP contribution is -2.46. The third kappa shape index (κ3) is 3.14. The van der Waals surface area contributed by atoms with Crippen molar-refractivity contribution in [3.63, 3.8) is 0 Å². The van der Waals surface area contributed by atoms with Gasteiger partial charge >= 0.3 is 0 Å². The summed E-state index contributed by atoms with van der Waals surface area (Å²) in [5.41, 5.74) is 0. The second kappa shape index (κ2) is 5.79. The first-order chi connectivity index (χ1) is 6.50. The minimum Gasteiger partial charge on any atom is -0.481 e. The summed E-state index contributed by atoms with van der Waals surface area (Å²) in [4.78, 5) is 4.17. The van der Waals surface area contributed by atoms with Crippen molar-refractivity contribution in [1.29, 1.82) is 5.41 Å². The molecule has 0 atom stereocenters. The molecule has 1 aliphatic heterocycles. The molecule has 0 aromatic heterocycles. The lowest BCUT2D eigenvalue weighted by atomic mass is 10.3. The number of hydrogen-bond donors (Lipinski definition) is 1. The zero-order valence-electron chi connectivity index (χ0n) is 9.16. The molecule has 0 amide bonds. The van der Waals surface area contributed by atoms with Gasteiger partial charge in [-0.1, -0.05) is 0 Å². The van der Waals surface area contributed by atoms with Crippen LogP contribution in [0.5, 0.6) is 0 Å². The van der Waals surface area contributed by atoms with Crippen molar-refractivity contribution in [3.8, 4) is 0 Å². The first-order valence-electron chi connectivity index (χ1n) is 4.54. The zero-order chi connectivity index (χ0) is 10.8. The van der Waals surface area contributed by atoms with E-state index in [1.807, 2.05) is 33.4 Å². The van der Waals surface area contributed by atoms with Crippen LogP contribution in [0.15, 0.2) is 12.4 Å². The van der Waals surface area contributed by atoms with Gasteiger partial charge in [0.15, 0.2) is 9.57 Å². The van der Waals surface area contributed by atoms with Crippen molar-refractivity contribution in [2.75, 3.05) is 20.7 Å². The van der Waals surface area contributed by atoms with Crippen molar-refractivity contribution >= 4 is 40.9 Å². The Kier molecular flexibility index (Phi) is 5.72. The number of ether oxygens (including phenoxy) is 1. The molecule has 0 saturated heterocycles. The summed E-state index contributed by atoms with van der Waals surface area (Å²) in [6.45, 7) is 2.46. The minimum absolute atomic E-state index is 0. The standard InChI is InChI=1S/C9H16IN3O.ClH/c1-4-14-8(11)7-9(10)12(2)5-6-13(9)3;/h5-6,11H,4,7H2,1-3H3;1H. The highest BCUT2D eigenvalue weighted by atomic mass is 127. The van der Waals surface area contributed by atoms with E-state index in [4.69, 9.17) is 10.1 Å². The molecule has 0 aliphatic carbocycles. The summed E-state index contributed by atoms with van der Waals surface area (Å²) < 4.78 is 4.97. The zero-order valence-corrected chi connectivity index (χ0v) is 12.1. The smallest absolute Gasteiger partial charge is 0.185 e. The fourth-order valence-electron chi connectivity index (χ4n) is 1.36. The number of nitrogens with one attached hydrogen (secondary N) is 1. The van der Waals surface area contributed by atoms with E-state index in [2.05, 4.69) is 32.4 Å². The molecule has 0 aromatic rings. The number of hydrogen-bond acceptors (Lipinski definition) is 4. The van der Waals surface area contributed by atoms with Gasteiger partial charge in [-0.25, -0.2) is 0 Å². The third-order valence-electron chi connectivity index (χ3n) is 2.30. The Morgan fingerprint density at radius 3 is 2.27 bits per heavy atom. The summed E-state index contributed by atoms with van der Waals surface area (Å²) >= 11 is 2.34. The van der Waals surface area contributed by atoms with Crippen LogP contribution in [0.25, 0.3) is 0 Å². The van der Waals surface area contributed by atoms with E-state index in [-0.39, 0.29) is 16.1 Å². The van der Waals surface area contributed by atoms with E-state index in [1.165, 1.54) is 0 Å². The normalized spacial score (nSPS) is 17.6. The molecular formula is C9H17ClIN3O. The molecule has 1 heterocycles. The highest BCUT2D eigenvalue weighted by Crippen LogP contribution is 2.35. The minimum atomic E-state index is -0.190. The SMILES string of the molecule is CCOC(=N)CC1(I)N(C)C=CN1C.Cl. The van der Waals surface area contributed by atoms with Crippen LogP contribution in [0, 0.1) is 5.41 Å². The van der Waals surface area contributed by atoms with Crippen LogP contribution in [0.2, 0.25) is 0 Å². The quantitative estimate of drug-likeness (QED) is 0.280. The molecule has 0 saturated carbocycles. The second-order valence-electron chi connectivity index (χ2n) is 3.27. The summed E-state index contributed by atoms with van der Waals surface area (Å²) in [5.74, 6) is 0.337. The molecule has 4 nitrogen and oxygen atoms in total. The maximum atomic E-state index is 7.65. The summed E-state index contributed by atoms with van der Waals surface area (Å²) in [6, 6.07) is 0. The number of nitrogens with zero attached hydrogens (tertiary/aromatic N) is 2. The summed E-state index contributed by atoms with van der Waals surface area (Å²) in [6.07, 6.45) is 4.60. The molecular weight excluding hydrogens is 328 g/mol. The third-order valence-corrected chi connectivity index (χ3v) is 4.20. The highest BCUT2D eigenvalue weighted by molar-refractivity contribution is 14.1.